The molecule has 3 aliphatic rings. The minimum atomic E-state index is -0.208. The fourth-order valence-electron chi connectivity index (χ4n) is 4.47. The van der Waals surface area contributed by atoms with Crippen molar-refractivity contribution >= 4 is 30.7 Å². The molecule has 3 saturated heterocycles. The number of amides is 1. The Hall–Kier alpha value is -0.880. The van der Waals surface area contributed by atoms with Crippen molar-refractivity contribution in [3.63, 3.8) is 0 Å². The molecule has 1 aromatic rings. The van der Waals surface area contributed by atoms with E-state index >= 15 is 0 Å². The molecule has 1 amide bonds. The van der Waals surface area contributed by atoms with Crippen LogP contribution in [0.2, 0.25) is 0 Å². The van der Waals surface area contributed by atoms with Gasteiger partial charge in [0.25, 0.3) is 0 Å². The average molecular weight is 404 g/mol. The Bertz CT molecular complexity index is 601. The van der Waals surface area contributed by atoms with Gasteiger partial charge in [-0.1, -0.05) is 12.1 Å². The van der Waals surface area contributed by atoms with Gasteiger partial charge < -0.3 is 10.2 Å². The average Bonchev–Trinajstić information content (AvgIpc) is 3.15. The minimum Gasteiger partial charge on any atom is -0.340 e. The number of rotatable bonds is 3. The lowest BCUT2D eigenvalue weighted by Crippen LogP contribution is -2.48. The molecule has 7 heteroatoms. The molecule has 2 bridgehead atoms. The summed E-state index contributed by atoms with van der Waals surface area (Å²) in [6.07, 6.45) is 5.53. The molecule has 146 valence electrons. The summed E-state index contributed by atoms with van der Waals surface area (Å²) in [6.45, 7) is 3.42. The van der Waals surface area contributed by atoms with Crippen molar-refractivity contribution in [1.29, 1.82) is 0 Å². The van der Waals surface area contributed by atoms with Gasteiger partial charge in [-0.25, -0.2) is 4.39 Å². The molecule has 3 atom stereocenters. The van der Waals surface area contributed by atoms with Gasteiger partial charge in [0.2, 0.25) is 5.91 Å². The first kappa shape index (κ1) is 21.4. The van der Waals surface area contributed by atoms with Crippen molar-refractivity contribution in [3.05, 3.63) is 35.6 Å². The second-order valence-corrected chi connectivity index (χ2v) is 7.47. The predicted molar refractivity (Wildman–Crippen MR) is 105 cm³/mol. The minimum absolute atomic E-state index is 0. The summed E-state index contributed by atoms with van der Waals surface area (Å²) >= 11 is 0. The van der Waals surface area contributed by atoms with Gasteiger partial charge in [-0.3, -0.25) is 9.69 Å². The van der Waals surface area contributed by atoms with Gasteiger partial charge in [0, 0.05) is 31.7 Å². The van der Waals surface area contributed by atoms with Crippen molar-refractivity contribution in [2.45, 2.75) is 56.8 Å². The lowest BCUT2D eigenvalue weighted by Gasteiger charge is -2.31. The van der Waals surface area contributed by atoms with E-state index in [4.69, 9.17) is 0 Å². The summed E-state index contributed by atoms with van der Waals surface area (Å²) in [6, 6.07) is 7.72. The van der Waals surface area contributed by atoms with E-state index in [-0.39, 0.29) is 36.7 Å². The highest BCUT2D eigenvalue weighted by molar-refractivity contribution is 5.85. The molecule has 3 aliphatic heterocycles. The summed E-state index contributed by atoms with van der Waals surface area (Å²) in [7, 11) is 0. The molecule has 1 aromatic carbocycles. The molecule has 4 rings (SSSR count). The van der Waals surface area contributed by atoms with Crippen LogP contribution in [0.15, 0.2) is 24.3 Å². The SMILES string of the molecule is Cl.Cl.O=C(C1CCCN1Cc1ccc(F)cc1)N1CCC2CCC(C1)N2. The monoisotopic (exact) mass is 403 g/mol. The van der Waals surface area contributed by atoms with E-state index in [1.165, 1.54) is 25.0 Å². The van der Waals surface area contributed by atoms with Crippen molar-refractivity contribution in [2.75, 3.05) is 19.6 Å². The van der Waals surface area contributed by atoms with E-state index < -0.39 is 0 Å². The summed E-state index contributed by atoms with van der Waals surface area (Å²) in [5.74, 6) is 0.0869. The largest absolute Gasteiger partial charge is 0.340 e. The van der Waals surface area contributed by atoms with Crippen molar-refractivity contribution in [2.24, 2.45) is 0 Å². The van der Waals surface area contributed by atoms with Gasteiger partial charge in [0.1, 0.15) is 5.82 Å². The number of likely N-dealkylation sites (tertiary alicyclic amines) is 2. The molecule has 0 aliphatic carbocycles. The summed E-state index contributed by atoms with van der Waals surface area (Å²) in [5.41, 5.74) is 1.08. The number of hydrogen-bond donors (Lipinski definition) is 1. The first-order valence-corrected chi connectivity index (χ1v) is 9.22. The fourth-order valence-corrected chi connectivity index (χ4v) is 4.47. The number of carbonyl (C=O) groups excluding carboxylic acids is 1. The van der Waals surface area contributed by atoms with E-state index in [2.05, 4.69) is 15.1 Å². The van der Waals surface area contributed by atoms with Crippen molar-refractivity contribution in [3.8, 4) is 0 Å². The molecule has 1 N–H and O–H groups in total. The van der Waals surface area contributed by atoms with Crippen LogP contribution < -0.4 is 5.32 Å². The fraction of sp³-hybridized carbons (Fsp3) is 0.632. The molecule has 3 unspecified atom stereocenters. The lowest BCUT2D eigenvalue weighted by atomic mass is 10.1. The maximum Gasteiger partial charge on any atom is 0.239 e. The molecular formula is C19H28Cl2FN3O. The van der Waals surface area contributed by atoms with E-state index in [0.29, 0.717) is 18.0 Å². The van der Waals surface area contributed by atoms with Crippen LogP contribution in [0.4, 0.5) is 4.39 Å². The second kappa shape index (κ2) is 9.36. The Kier molecular flexibility index (Phi) is 7.71. The number of fused-ring (bicyclic) bond motifs is 2. The zero-order valence-corrected chi connectivity index (χ0v) is 16.5. The first-order valence-electron chi connectivity index (χ1n) is 9.22. The molecule has 0 aromatic heterocycles. The summed E-state index contributed by atoms with van der Waals surface area (Å²) in [5, 5.41) is 3.64. The summed E-state index contributed by atoms with van der Waals surface area (Å²) in [4.78, 5) is 17.4. The van der Waals surface area contributed by atoms with Crippen molar-refractivity contribution < 1.29 is 9.18 Å². The smallest absolute Gasteiger partial charge is 0.239 e. The Morgan fingerprint density at radius 3 is 2.54 bits per heavy atom. The second-order valence-electron chi connectivity index (χ2n) is 7.47. The predicted octanol–water partition coefficient (Wildman–Crippen LogP) is 2.99. The topological polar surface area (TPSA) is 35.6 Å². The number of carbonyl (C=O) groups is 1. The van der Waals surface area contributed by atoms with E-state index in [9.17, 15) is 9.18 Å². The Labute approximate surface area is 167 Å². The molecule has 0 spiro atoms. The lowest BCUT2D eigenvalue weighted by molar-refractivity contribution is -0.136. The van der Waals surface area contributed by atoms with Gasteiger partial charge in [0.15, 0.2) is 0 Å². The maximum atomic E-state index is 13.1. The number of hydrogen-bond acceptors (Lipinski definition) is 3. The third kappa shape index (κ3) is 4.69. The summed E-state index contributed by atoms with van der Waals surface area (Å²) < 4.78 is 13.1. The molecule has 0 saturated carbocycles. The van der Waals surface area contributed by atoms with Crippen LogP contribution in [-0.4, -0.2) is 53.5 Å². The number of benzene rings is 1. The van der Waals surface area contributed by atoms with Gasteiger partial charge in [-0.2, -0.15) is 0 Å². The highest BCUT2D eigenvalue weighted by Crippen LogP contribution is 2.25. The highest BCUT2D eigenvalue weighted by atomic mass is 35.5. The highest BCUT2D eigenvalue weighted by Gasteiger charge is 2.37. The molecular weight excluding hydrogens is 376 g/mol. The third-order valence-corrected chi connectivity index (χ3v) is 5.78. The number of nitrogens with one attached hydrogen (secondary N) is 1. The zero-order chi connectivity index (χ0) is 16.5. The van der Waals surface area contributed by atoms with Crippen LogP contribution in [0.1, 0.15) is 37.7 Å². The Morgan fingerprint density at radius 2 is 1.77 bits per heavy atom. The number of halogens is 3. The molecule has 3 heterocycles. The van der Waals surface area contributed by atoms with Gasteiger partial charge in [-0.15, -0.1) is 24.8 Å². The number of nitrogens with zero attached hydrogens (tertiary/aromatic N) is 2. The van der Waals surface area contributed by atoms with Crippen LogP contribution >= 0.6 is 24.8 Å². The van der Waals surface area contributed by atoms with Gasteiger partial charge in [0.05, 0.1) is 6.04 Å². The Balaban J connectivity index is 0.00000121. The van der Waals surface area contributed by atoms with Gasteiger partial charge >= 0.3 is 0 Å². The quantitative estimate of drug-likeness (QED) is 0.842. The molecule has 4 nitrogen and oxygen atoms in total. The molecule has 26 heavy (non-hydrogen) atoms. The van der Waals surface area contributed by atoms with Crippen LogP contribution in [0.3, 0.4) is 0 Å². The van der Waals surface area contributed by atoms with Gasteiger partial charge in [-0.05, 0) is 56.3 Å². The normalized spacial score (nSPS) is 28.2. The van der Waals surface area contributed by atoms with Crippen LogP contribution in [-0.2, 0) is 11.3 Å². The van der Waals surface area contributed by atoms with E-state index in [0.717, 1.165) is 51.0 Å². The van der Waals surface area contributed by atoms with Crippen LogP contribution in [0.5, 0.6) is 0 Å². The maximum absolute atomic E-state index is 13.1. The van der Waals surface area contributed by atoms with Crippen LogP contribution in [0.25, 0.3) is 0 Å². The first-order chi connectivity index (χ1) is 11.7. The Morgan fingerprint density at radius 1 is 1.04 bits per heavy atom. The van der Waals surface area contributed by atoms with Crippen molar-refractivity contribution in [1.82, 2.24) is 15.1 Å². The van der Waals surface area contributed by atoms with E-state index in [1.54, 1.807) is 0 Å². The zero-order valence-electron chi connectivity index (χ0n) is 14.9. The van der Waals surface area contributed by atoms with Crippen LogP contribution in [0, 0.1) is 5.82 Å². The third-order valence-electron chi connectivity index (χ3n) is 5.78. The van der Waals surface area contributed by atoms with E-state index in [1.807, 2.05) is 12.1 Å². The molecule has 3 fully saturated rings. The standard InChI is InChI=1S/C19H26FN3O.2ClH/c20-15-5-3-14(4-6-15)12-22-10-1-2-18(22)19(24)23-11-9-16-7-8-17(13-23)21-16;;/h3-6,16-18,21H,1-2,7-13H2;2*1H. The molecule has 0 radical (unpaired) electrons.